The van der Waals surface area contributed by atoms with Gasteiger partial charge in [0.25, 0.3) is 0 Å². The largest absolute Gasteiger partial charge is 0.475 e. The first-order valence-electron chi connectivity index (χ1n) is 6.49. The lowest BCUT2D eigenvalue weighted by Gasteiger charge is -2.21. The summed E-state index contributed by atoms with van der Waals surface area (Å²) >= 11 is 0. The Morgan fingerprint density at radius 3 is 2.61 bits per heavy atom. The first-order chi connectivity index (χ1) is 8.52. The van der Waals surface area contributed by atoms with Gasteiger partial charge in [0, 0.05) is 18.3 Å². The third kappa shape index (κ3) is 4.87. The Hall–Kier alpha value is -1.36. The van der Waals surface area contributed by atoms with E-state index in [1.54, 1.807) is 12.3 Å². The van der Waals surface area contributed by atoms with Crippen LogP contribution in [0.25, 0.3) is 0 Å². The standard InChI is InChI=1S/C13H24N4O/c1-9(2)11(5-7-14)16-13-15-8-6-12(17-13)18-10(3)4/h6,8-11H,5,7,14H2,1-4H3,(H,15,16,17). The summed E-state index contributed by atoms with van der Waals surface area (Å²) in [6.45, 7) is 8.91. The summed E-state index contributed by atoms with van der Waals surface area (Å²) < 4.78 is 5.54. The fourth-order valence-corrected chi connectivity index (χ4v) is 1.64. The van der Waals surface area contributed by atoms with Crippen LogP contribution in [0.5, 0.6) is 5.88 Å². The van der Waals surface area contributed by atoms with Gasteiger partial charge in [-0.05, 0) is 32.7 Å². The summed E-state index contributed by atoms with van der Waals surface area (Å²) in [7, 11) is 0. The van der Waals surface area contributed by atoms with E-state index in [0.29, 0.717) is 24.3 Å². The van der Waals surface area contributed by atoms with E-state index in [1.807, 2.05) is 13.8 Å². The van der Waals surface area contributed by atoms with Crippen molar-refractivity contribution < 1.29 is 4.74 Å². The number of nitrogens with zero attached hydrogens (tertiary/aromatic N) is 2. The normalized spacial score (nSPS) is 12.8. The fourth-order valence-electron chi connectivity index (χ4n) is 1.64. The summed E-state index contributed by atoms with van der Waals surface area (Å²) in [6, 6.07) is 2.04. The molecule has 18 heavy (non-hydrogen) atoms. The summed E-state index contributed by atoms with van der Waals surface area (Å²) in [5.41, 5.74) is 5.61. The van der Waals surface area contributed by atoms with Crippen molar-refractivity contribution in [3.8, 4) is 5.88 Å². The second-order valence-electron chi connectivity index (χ2n) is 4.96. The summed E-state index contributed by atoms with van der Waals surface area (Å²) in [5, 5.41) is 3.31. The van der Waals surface area contributed by atoms with E-state index in [0.717, 1.165) is 6.42 Å². The molecule has 1 rings (SSSR count). The Bertz CT molecular complexity index is 355. The molecule has 0 saturated carbocycles. The molecular weight excluding hydrogens is 228 g/mol. The van der Waals surface area contributed by atoms with Crippen molar-refractivity contribution in [1.82, 2.24) is 9.97 Å². The molecule has 1 aromatic rings. The van der Waals surface area contributed by atoms with Gasteiger partial charge in [-0.3, -0.25) is 0 Å². The lowest BCUT2D eigenvalue weighted by Crippen LogP contribution is -2.29. The molecule has 0 bridgehead atoms. The molecule has 0 saturated heterocycles. The zero-order valence-electron chi connectivity index (χ0n) is 11.7. The average molecular weight is 252 g/mol. The molecule has 1 unspecified atom stereocenters. The fraction of sp³-hybridized carbons (Fsp3) is 0.692. The second-order valence-corrected chi connectivity index (χ2v) is 4.96. The highest BCUT2D eigenvalue weighted by molar-refractivity contribution is 5.29. The molecule has 3 N–H and O–H groups in total. The van der Waals surface area contributed by atoms with Crippen molar-refractivity contribution in [1.29, 1.82) is 0 Å². The van der Waals surface area contributed by atoms with Gasteiger partial charge >= 0.3 is 0 Å². The van der Waals surface area contributed by atoms with Gasteiger partial charge in [0.1, 0.15) is 0 Å². The van der Waals surface area contributed by atoms with E-state index in [1.165, 1.54) is 0 Å². The second kappa shape index (κ2) is 7.16. The van der Waals surface area contributed by atoms with Crippen LogP contribution in [0.1, 0.15) is 34.1 Å². The van der Waals surface area contributed by atoms with Crippen LogP contribution < -0.4 is 15.8 Å². The summed E-state index contributed by atoms with van der Waals surface area (Å²) in [6.07, 6.45) is 2.71. The quantitative estimate of drug-likeness (QED) is 0.777. The van der Waals surface area contributed by atoms with Crippen molar-refractivity contribution in [3.63, 3.8) is 0 Å². The van der Waals surface area contributed by atoms with E-state index < -0.39 is 0 Å². The van der Waals surface area contributed by atoms with Crippen molar-refractivity contribution in [2.24, 2.45) is 11.7 Å². The number of nitrogens with two attached hydrogens (primary N) is 1. The average Bonchev–Trinajstić information content (AvgIpc) is 2.28. The molecule has 0 spiro atoms. The van der Waals surface area contributed by atoms with Crippen LogP contribution in [0.15, 0.2) is 12.3 Å². The molecule has 1 aromatic heterocycles. The predicted molar refractivity (Wildman–Crippen MR) is 73.7 cm³/mol. The molecule has 0 aromatic carbocycles. The number of aromatic nitrogens is 2. The molecule has 0 aliphatic heterocycles. The highest BCUT2D eigenvalue weighted by Gasteiger charge is 2.13. The highest BCUT2D eigenvalue weighted by Crippen LogP contribution is 2.14. The van der Waals surface area contributed by atoms with Crippen molar-refractivity contribution in [2.75, 3.05) is 11.9 Å². The van der Waals surface area contributed by atoms with Crippen LogP contribution in [-0.2, 0) is 0 Å². The van der Waals surface area contributed by atoms with Crippen LogP contribution in [0.4, 0.5) is 5.95 Å². The molecule has 0 fully saturated rings. The van der Waals surface area contributed by atoms with Gasteiger partial charge in [0.2, 0.25) is 11.8 Å². The maximum atomic E-state index is 5.61. The van der Waals surface area contributed by atoms with E-state index in [2.05, 4.69) is 29.1 Å². The lowest BCUT2D eigenvalue weighted by molar-refractivity contribution is 0.232. The minimum Gasteiger partial charge on any atom is -0.475 e. The van der Waals surface area contributed by atoms with Crippen molar-refractivity contribution >= 4 is 5.95 Å². The van der Waals surface area contributed by atoms with Gasteiger partial charge in [-0.1, -0.05) is 13.8 Å². The Labute approximate surface area is 109 Å². The van der Waals surface area contributed by atoms with Gasteiger partial charge in [-0.2, -0.15) is 4.98 Å². The Morgan fingerprint density at radius 1 is 1.33 bits per heavy atom. The van der Waals surface area contributed by atoms with Gasteiger partial charge in [0.05, 0.1) is 6.10 Å². The number of rotatable bonds is 7. The smallest absolute Gasteiger partial charge is 0.226 e. The molecule has 102 valence electrons. The van der Waals surface area contributed by atoms with Crippen LogP contribution in [0.2, 0.25) is 0 Å². The monoisotopic (exact) mass is 252 g/mol. The van der Waals surface area contributed by atoms with Crippen molar-refractivity contribution in [3.05, 3.63) is 12.3 Å². The topological polar surface area (TPSA) is 73.1 Å². The Morgan fingerprint density at radius 2 is 2.06 bits per heavy atom. The van der Waals surface area contributed by atoms with E-state index in [9.17, 15) is 0 Å². The van der Waals surface area contributed by atoms with E-state index >= 15 is 0 Å². The minimum absolute atomic E-state index is 0.109. The predicted octanol–water partition coefficient (Wildman–Crippen LogP) is 2.05. The zero-order chi connectivity index (χ0) is 13.5. The molecule has 1 atom stereocenters. The molecule has 5 nitrogen and oxygen atoms in total. The Kier molecular flexibility index (Phi) is 5.85. The minimum atomic E-state index is 0.109. The van der Waals surface area contributed by atoms with Crippen LogP contribution in [0, 0.1) is 5.92 Å². The van der Waals surface area contributed by atoms with Crippen LogP contribution >= 0.6 is 0 Å². The summed E-state index contributed by atoms with van der Waals surface area (Å²) in [5.74, 6) is 1.67. The Balaban J connectivity index is 2.70. The van der Waals surface area contributed by atoms with E-state index in [4.69, 9.17) is 10.5 Å². The van der Waals surface area contributed by atoms with E-state index in [-0.39, 0.29) is 12.1 Å². The molecular formula is C13H24N4O. The number of hydrogen-bond acceptors (Lipinski definition) is 5. The lowest BCUT2D eigenvalue weighted by atomic mass is 10.0. The van der Waals surface area contributed by atoms with Gasteiger partial charge < -0.3 is 15.8 Å². The number of anilines is 1. The van der Waals surface area contributed by atoms with Gasteiger partial charge in [-0.15, -0.1) is 0 Å². The number of hydrogen-bond donors (Lipinski definition) is 2. The van der Waals surface area contributed by atoms with Crippen LogP contribution in [-0.4, -0.2) is 28.7 Å². The van der Waals surface area contributed by atoms with Crippen LogP contribution in [0.3, 0.4) is 0 Å². The molecule has 0 radical (unpaired) electrons. The molecule has 0 aliphatic carbocycles. The number of ether oxygens (including phenoxy) is 1. The maximum Gasteiger partial charge on any atom is 0.226 e. The number of nitrogens with one attached hydrogen (secondary N) is 1. The first kappa shape index (κ1) is 14.7. The van der Waals surface area contributed by atoms with Gasteiger partial charge in [-0.25, -0.2) is 4.98 Å². The highest BCUT2D eigenvalue weighted by atomic mass is 16.5. The molecule has 0 aliphatic rings. The SMILES string of the molecule is CC(C)Oc1ccnc(NC(CCN)C(C)C)n1. The third-order valence-electron chi connectivity index (χ3n) is 2.58. The maximum absolute atomic E-state index is 5.61. The molecule has 1 heterocycles. The third-order valence-corrected chi connectivity index (χ3v) is 2.58. The zero-order valence-corrected chi connectivity index (χ0v) is 11.7. The van der Waals surface area contributed by atoms with Crippen molar-refractivity contribution in [2.45, 2.75) is 46.3 Å². The molecule has 5 heteroatoms. The molecule has 0 amide bonds. The van der Waals surface area contributed by atoms with Gasteiger partial charge in [0.15, 0.2) is 0 Å². The summed E-state index contributed by atoms with van der Waals surface area (Å²) in [4.78, 5) is 8.54. The first-order valence-corrected chi connectivity index (χ1v) is 6.49.